The van der Waals surface area contributed by atoms with Crippen molar-refractivity contribution >= 4 is 33.1 Å². The third kappa shape index (κ3) is 2.97. The van der Waals surface area contributed by atoms with Crippen molar-refractivity contribution in [2.24, 2.45) is 0 Å². The number of carbonyl (C=O) groups is 1. The van der Waals surface area contributed by atoms with Gasteiger partial charge in [0.05, 0.1) is 15.9 Å². The first-order chi connectivity index (χ1) is 11.8. The second-order valence-corrected chi connectivity index (χ2v) is 6.85. The molecule has 0 unspecified atom stereocenters. The van der Waals surface area contributed by atoms with Crippen molar-refractivity contribution in [3.63, 3.8) is 0 Å². The van der Waals surface area contributed by atoms with E-state index in [9.17, 15) is 4.79 Å². The van der Waals surface area contributed by atoms with Gasteiger partial charge in [-0.1, -0.05) is 0 Å². The molecule has 4 rings (SSSR count). The molecule has 6 heteroatoms. The lowest BCUT2D eigenvalue weighted by molar-refractivity contribution is 0.0931. The fourth-order valence-corrected chi connectivity index (χ4v) is 4.04. The molecule has 1 saturated heterocycles. The number of nitrogens with one attached hydrogen (secondary N) is 1. The fraction of sp³-hybridized carbons (Fsp3) is 0.278. The minimum absolute atomic E-state index is 0.0135. The summed E-state index contributed by atoms with van der Waals surface area (Å²) in [6, 6.07) is 7.87. The number of amides is 1. The van der Waals surface area contributed by atoms with Crippen molar-refractivity contribution in [1.82, 2.24) is 15.3 Å². The smallest absolute Gasteiger partial charge is 0.251 e. The highest BCUT2D eigenvalue weighted by molar-refractivity contribution is 7.17. The highest BCUT2D eigenvalue weighted by Crippen LogP contribution is 2.31. The molecular weight excluding hydrogens is 320 g/mol. The maximum Gasteiger partial charge on any atom is 0.251 e. The first kappa shape index (κ1) is 15.1. The van der Waals surface area contributed by atoms with E-state index in [1.165, 1.54) is 10.4 Å². The summed E-state index contributed by atoms with van der Waals surface area (Å²) in [6.45, 7) is 1.89. The number of nitrogens with zero attached hydrogens (tertiary/aromatic N) is 3. The number of piperidine rings is 1. The van der Waals surface area contributed by atoms with Crippen LogP contribution in [0.25, 0.3) is 10.2 Å². The molecule has 1 aliphatic rings. The average Bonchev–Trinajstić information content (AvgIpc) is 3.12. The van der Waals surface area contributed by atoms with Crippen molar-refractivity contribution in [1.29, 1.82) is 0 Å². The first-order valence-corrected chi connectivity index (χ1v) is 8.97. The number of hydrogen-bond donors (Lipinski definition) is 1. The Morgan fingerprint density at radius 2 is 1.92 bits per heavy atom. The Morgan fingerprint density at radius 3 is 2.71 bits per heavy atom. The van der Waals surface area contributed by atoms with E-state index in [1.54, 1.807) is 35.9 Å². The van der Waals surface area contributed by atoms with Crippen LogP contribution in [0.2, 0.25) is 0 Å². The van der Waals surface area contributed by atoms with Gasteiger partial charge in [0.25, 0.3) is 5.91 Å². The number of anilines is 1. The van der Waals surface area contributed by atoms with Crippen LogP contribution >= 0.6 is 11.3 Å². The zero-order valence-electron chi connectivity index (χ0n) is 13.2. The molecule has 0 spiro atoms. The van der Waals surface area contributed by atoms with E-state index in [0.29, 0.717) is 5.56 Å². The Labute approximate surface area is 144 Å². The van der Waals surface area contributed by atoms with E-state index >= 15 is 0 Å². The topological polar surface area (TPSA) is 58.1 Å². The van der Waals surface area contributed by atoms with Crippen LogP contribution in [0.1, 0.15) is 23.2 Å². The van der Waals surface area contributed by atoms with Crippen LogP contribution in [0, 0.1) is 0 Å². The van der Waals surface area contributed by atoms with Crippen LogP contribution in [0.3, 0.4) is 0 Å². The van der Waals surface area contributed by atoms with Gasteiger partial charge in [-0.05, 0) is 42.5 Å². The normalized spacial score (nSPS) is 15.6. The molecule has 24 heavy (non-hydrogen) atoms. The lowest BCUT2D eigenvalue weighted by atomic mass is 10.0. The van der Waals surface area contributed by atoms with Crippen LogP contribution in [-0.4, -0.2) is 35.0 Å². The molecule has 0 aromatic carbocycles. The molecule has 4 heterocycles. The molecule has 122 valence electrons. The molecule has 0 atom stereocenters. The Hall–Kier alpha value is -2.47. The Balaban J connectivity index is 1.40. The van der Waals surface area contributed by atoms with Crippen LogP contribution in [-0.2, 0) is 0 Å². The number of rotatable bonds is 3. The zero-order chi connectivity index (χ0) is 16.4. The molecule has 1 N–H and O–H groups in total. The van der Waals surface area contributed by atoms with Crippen LogP contribution in [0.4, 0.5) is 5.69 Å². The van der Waals surface area contributed by atoms with Gasteiger partial charge in [-0.3, -0.25) is 14.8 Å². The number of pyridine rings is 2. The highest BCUT2D eigenvalue weighted by atomic mass is 32.1. The van der Waals surface area contributed by atoms with Crippen molar-refractivity contribution in [2.45, 2.75) is 18.9 Å². The van der Waals surface area contributed by atoms with Gasteiger partial charge in [-0.2, -0.15) is 0 Å². The molecular formula is C18H18N4OS. The lowest BCUT2D eigenvalue weighted by Gasteiger charge is -2.34. The molecule has 0 aliphatic carbocycles. The monoisotopic (exact) mass is 338 g/mol. The predicted octanol–water partition coefficient (Wildman–Crippen LogP) is 3.09. The van der Waals surface area contributed by atoms with Gasteiger partial charge in [0, 0.05) is 43.3 Å². The van der Waals surface area contributed by atoms with Crippen LogP contribution < -0.4 is 10.2 Å². The molecule has 0 bridgehead atoms. The molecule has 5 nitrogen and oxygen atoms in total. The minimum Gasteiger partial charge on any atom is -0.370 e. The summed E-state index contributed by atoms with van der Waals surface area (Å²) >= 11 is 1.74. The summed E-state index contributed by atoms with van der Waals surface area (Å²) in [7, 11) is 0. The minimum atomic E-state index is -0.0135. The second-order valence-electron chi connectivity index (χ2n) is 5.94. The summed E-state index contributed by atoms with van der Waals surface area (Å²) in [5.74, 6) is -0.0135. The molecule has 3 aromatic heterocycles. The van der Waals surface area contributed by atoms with Crippen molar-refractivity contribution in [2.75, 3.05) is 18.0 Å². The summed E-state index contributed by atoms with van der Waals surface area (Å²) in [5.41, 5.74) is 2.99. The van der Waals surface area contributed by atoms with Gasteiger partial charge in [-0.25, -0.2) is 0 Å². The summed E-state index contributed by atoms with van der Waals surface area (Å²) in [6.07, 6.45) is 7.07. The van der Waals surface area contributed by atoms with Gasteiger partial charge in [-0.15, -0.1) is 11.3 Å². The van der Waals surface area contributed by atoms with Gasteiger partial charge in [0.1, 0.15) is 0 Å². The molecule has 0 radical (unpaired) electrons. The van der Waals surface area contributed by atoms with Crippen LogP contribution in [0.5, 0.6) is 0 Å². The number of carbonyl (C=O) groups excluding carboxylic acids is 1. The van der Waals surface area contributed by atoms with E-state index in [-0.39, 0.29) is 11.9 Å². The molecule has 3 aromatic rings. The number of hydrogen-bond acceptors (Lipinski definition) is 5. The van der Waals surface area contributed by atoms with Crippen LogP contribution in [0.15, 0.2) is 48.2 Å². The number of fused-ring (bicyclic) bond motifs is 1. The van der Waals surface area contributed by atoms with Gasteiger partial charge < -0.3 is 10.2 Å². The number of aromatic nitrogens is 2. The quantitative estimate of drug-likeness (QED) is 0.797. The summed E-state index contributed by atoms with van der Waals surface area (Å²) in [5, 5.41) is 5.22. The Bertz CT molecular complexity index is 840. The Kier molecular flexibility index (Phi) is 4.13. The summed E-state index contributed by atoms with van der Waals surface area (Å²) in [4.78, 5) is 23.0. The standard InChI is InChI=1S/C18H18N4OS/c23-18(13-1-7-19-8-2-13)21-14-4-10-22(11-5-14)16-3-9-20-15-6-12-24-17(15)16/h1-3,6-9,12,14H,4-5,10-11H2,(H,21,23). The van der Waals surface area contributed by atoms with E-state index < -0.39 is 0 Å². The van der Waals surface area contributed by atoms with E-state index in [0.717, 1.165) is 31.4 Å². The summed E-state index contributed by atoms with van der Waals surface area (Å²) < 4.78 is 1.25. The Morgan fingerprint density at radius 1 is 1.12 bits per heavy atom. The third-order valence-electron chi connectivity index (χ3n) is 4.44. The van der Waals surface area contributed by atoms with Crippen molar-refractivity contribution in [3.8, 4) is 0 Å². The van der Waals surface area contributed by atoms with E-state index in [1.807, 2.05) is 6.20 Å². The first-order valence-electron chi connectivity index (χ1n) is 8.09. The van der Waals surface area contributed by atoms with Crippen molar-refractivity contribution < 1.29 is 4.79 Å². The van der Waals surface area contributed by atoms with E-state index in [2.05, 4.69) is 37.7 Å². The third-order valence-corrected chi connectivity index (χ3v) is 5.36. The fourth-order valence-electron chi connectivity index (χ4n) is 3.15. The van der Waals surface area contributed by atoms with E-state index in [4.69, 9.17) is 0 Å². The maximum atomic E-state index is 12.2. The van der Waals surface area contributed by atoms with Gasteiger partial charge in [0.15, 0.2) is 0 Å². The zero-order valence-corrected chi connectivity index (χ0v) is 14.0. The molecule has 1 amide bonds. The highest BCUT2D eigenvalue weighted by Gasteiger charge is 2.22. The van der Waals surface area contributed by atoms with Gasteiger partial charge >= 0.3 is 0 Å². The number of thiophene rings is 1. The molecule has 0 saturated carbocycles. The average molecular weight is 338 g/mol. The van der Waals surface area contributed by atoms with Gasteiger partial charge in [0.2, 0.25) is 0 Å². The van der Waals surface area contributed by atoms with Crippen molar-refractivity contribution in [3.05, 3.63) is 53.8 Å². The molecule has 1 aliphatic heterocycles. The second kappa shape index (κ2) is 6.57. The predicted molar refractivity (Wildman–Crippen MR) is 96.6 cm³/mol. The largest absolute Gasteiger partial charge is 0.370 e. The SMILES string of the molecule is O=C(NC1CCN(c2ccnc3ccsc23)CC1)c1ccncc1. The maximum absolute atomic E-state index is 12.2. The lowest BCUT2D eigenvalue weighted by Crippen LogP contribution is -2.44. The molecule has 1 fully saturated rings.